The van der Waals surface area contributed by atoms with Crippen LogP contribution in [0.25, 0.3) is 0 Å². The highest BCUT2D eigenvalue weighted by Crippen LogP contribution is 2.26. The zero-order valence-corrected chi connectivity index (χ0v) is 18.7. The molecule has 2 aliphatic heterocycles. The Balaban J connectivity index is 1.51. The monoisotopic (exact) mass is 443 g/mol. The predicted molar refractivity (Wildman–Crippen MR) is 121 cm³/mol. The second kappa shape index (κ2) is 10.2. The Labute approximate surface area is 186 Å². The first-order valence-electron chi connectivity index (χ1n) is 10.7. The molecule has 0 aliphatic carbocycles. The molecule has 0 bridgehead atoms. The Morgan fingerprint density at radius 1 is 1.39 bits per heavy atom. The molecule has 2 fully saturated rings. The van der Waals surface area contributed by atoms with Crippen LogP contribution in [-0.4, -0.2) is 71.2 Å². The zero-order valence-electron chi connectivity index (χ0n) is 17.9. The second-order valence-corrected chi connectivity index (χ2v) is 9.09. The average Bonchev–Trinajstić information content (AvgIpc) is 3.18. The lowest BCUT2D eigenvalue weighted by atomic mass is 10.1. The van der Waals surface area contributed by atoms with E-state index in [4.69, 9.17) is 9.47 Å². The number of hydrogen-bond acceptors (Lipinski definition) is 8. The fraction of sp³-hybridized carbons (Fsp3) is 0.500. The molecule has 31 heavy (non-hydrogen) atoms. The Morgan fingerprint density at radius 3 is 2.97 bits per heavy atom. The third kappa shape index (κ3) is 6.03. The number of aromatic nitrogens is 2. The van der Waals surface area contributed by atoms with Crippen LogP contribution >= 0.6 is 11.3 Å². The van der Waals surface area contributed by atoms with Crippen LogP contribution in [-0.2, 0) is 16.1 Å². The molecule has 0 spiro atoms. The standard InChI is InChI=1S/C22H29N5O3S/c1-3-21(28)27-6-4-5-18(15-27)30-20-12-17(14-26-7-9-29-10-8-26)11-19(24-20)25-22-23-13-16(2)31-22/h3,11-13,18H,1,4-10,14-15H2,2H3,(H,23,24,25)/t18-/m1/s1. The molecule has 4 rings (SSSR count). The molecule has 0 aromatic carbocycles. The lowest BCUT2D eigenvalue weighted by Gasteiger charge is -2.32. The molecule has 1 atom stereocenters. The molecular weight excluding hydrogens is 414 g/mol. The van der Waals surface area contributed by atoms with E-state index >= 15 is 0 Å². The molecule has 0 radical (unpaired) electrons. The number of anilines is 2. The van der Waals surface area contributed by atoms with Gasteiger partial charge in [-0.15, -0.1) is 11.3 Å². The molecular formula is C22H29N5O3S. The number of aryl methyl sites for hydroxylation is 1. The number of hydrogen-bond donors (Lipinski definition) is 1. The van der Waals surface area contributed by atoms with Crippen molar-refractivity contribution in [3.63, 3.8) is 0 Å². The molecule has 0 unspecified atom stereocenters. The number of nitrogens with one attached hydrogen (secondary N) is 1. The number of nitrogens with zero attached hydrogens (tertiary/aromatic N) is 4. The van der Waals surface area contributed by atoms with Gasteiger partial charge in [-0.25, -0.2) is 4.98 Å². The number of piperidine rings is 1. The van der Waals surface area contributed by atoms with Crippen molar-refractivity contribution < 1.29 is 14.3 Å². The van der Waals surface area contributed by atoms with E-state index in [9.17, 15) is 4.79 Å². The number of pyridine rings is 1. The summed E-state index contributed by atoms with van der Waals surface area (Å²) < 4.78 is 11.7. The van der Waals surface area contributed by atoms with Crippen molar-refractivity contribution in [2.75, 3.05) is 44.7 Å². The number of morpholine rings is 1. The summed E-state index contributed by atoms with van der Waals surface area (Å²) >= 11 is 1.59. The maximum absolute atomic E-state index is 12.0. The Kier molecular flexibility index (Phi) is 7.16. The molecule has 2 aliphatic rings. The molecule has 2 aromatic rings. The van der Waals surface area contributed by atoms with Gasteiger partial charge in [0.1, 0.15) is 11.9 Å². The zero-order chi connectivity index (χ0) is 21.6. The Bertz CT molecular complexity index is 912. The van der Waals surface area contributed by atoms with Gasteiger partial charge in [0.2, 0.25) is 11.8 Å². The van der Waals surface area contributed by atoms with E-state index in [0.717, 1.165) is 67.8 Å². The Hall–Kier alpha value is -2.49. The van der Waals surface area contributed by atoms with Gasteiger partial charge in [0.05, 0.1) is 19.8 Å². The molecule has 2 saturated heterocycles. The number of thiazole rings is 1. The van der Waals surface area contributed by atoms with Crippen LogP contribution in [0.2, 0.25) is 0 Å². The van der Waals surface area contributed by atoms with Gasteiger partial charge >= 0.3 is 0 Å². The van der Waals surface area contributed by atoms with E-state index in [2.05, 4.69) is 26.8 Å². The van der Waals surface area contributed by atoms with Crippen LogP contribution < -0.4 is 10.1 Å². The van der Waals surface area contributed by atoms with Crippen LogP contribution in [0.1, 0.15) is 23.3 Å². The largest absolute Gasteiger partial charge is 0.472 e. The highest BCUT2D eigenvalue weighted by atomic mass is 32.1. The fourth-order valence-electron chi connectivity index (χ4n) is 3.85. The van der Waals surface area contributed by atoms with E-state index in [0.29, 0.717) is 18.2 Å². The van der Waals surface area contributed by atoms with Crippen molar-refractivity contribution in [1.29, 1.82) is 0 Å². The van der Waals surface area contributed by atoms with Gasteiger partial charge in [0.25, 0.3) is 0 Å². The number of ether oxygens (including phenoxy) is 2. The van der Waals surface area contributed by atoms with Crippen molar-refractivity contribution in [3.8, 4) is 5.88 Å². The van der Waals surface area contributed by atoms with Crippen molar-refractivity contribution in [3.05, 3.63) is 41.4 Å². The smallest absolute Gasteiger partial charge is 0.246 e. The summed E-state index contributed by atoms with van der Waals surface area (Å²) in [5.41, 5.74) is 1.12. The summed E-state index contributed by atoms with van der Waals surface area (Å²) in [7, 11) is 0. The van der Waals surface area contributed by atoms with E-state index in [1.54, 1.807) is 16.2 Å². The van der Waals surface area contributed by atoms with Crippen molar-refractivity contribution in [2.24, 2.45) is 0 Å². The first kappa shape index (κ1) is 21.7. The van der Waals surface area contributed by atoms with Crippen LogP contribution in [0.4, 0.5) is 10.9 Å². The molecule has 9 heteroatoms. The van der Waals surface area contributed by atoms with Gasteiger partial charge in [-0.1, -0.05) is 6.58 Å². The average molecular weight is 444 g/mol. The van der Waals surface area contributed by atoms with E-state index in [-0.39, 0.29) is 12.0 Å². The van der Waals surface area contributed by atoms with E-state index in [1.807, 2.05) is 25.3 Å². The van der Waals surface area contributed by atoms with Gasteiger partial charge < -0.3 is 19.7 Å². The molecule has 2 aromatic heterocycles. The maximum atomic E-state index is 12.0. The van der Waals surface area contributed by atoms with Crippen molar-refractivity contribution in [1.82, 2.24) is 19.8 Å². The van der Waals surface area contributed by atoms with Crippen molar-refractivity contribution in [2.45, 2.75) is 32.4 Å². The summed E-state index contributed by atoms with van der Waals surface area (Å²) in [5.74, 6) is 1.23. The minimum Gasteiger partial charge on any atom is -0.472 e. The van der Waals surface area contributed by atoms with E-state index in [1.165, 1.54) is 6.08 Å². The first-order chi connectivity index (χ1) is 15.1. The van der Waals surface area contributed by atoms with Gasteiger partial charge in [0.15, 0.2) is 5.13 Å². The number of likely N-dealkylation sites (tertiary alicyclic amines) is 1. The molecule has 1 amide bonds. The van der Waals surface area contributed by atoms with Crippen LogP contribution in [0.15, 0.2) is 31.0 Å². The summed E-state index contributed by atoms with van der Waals surface area (Å²) in [4.78, 5) is 26.4. The molecule has 1 N–H and O–H groups in total. The molecule has 166 valence electrons. The van der Waals surface area contributed by atoms with E-state index < -0.39 is 0 Å². The van der Waals surface area contributed by atoms with Crippen LogP contribution in [0.5, 0.6) is 5.88 Å². The first-order valence-corrected chi connectivity index (χ1v) is 11.5. The molecule has 4 heterocycles. The third-order valence-electron chi connectivity index (χ3n) is 5.38. The highest BCUT2D eigenvalue weighted by Gasteiger charge is 2.24. The minimum atomic E-state index is -0.0845. The number of rotatable bonds is 7. The summed E-state index contributed by atoms with van der Waals surface area (Å²) in [6.45, 7) is 11.1. The maximum Gasteiger partial charge on any atom is 0.246 e. The summed E-state index contributed by atoms with van der Waals surface area (Å²) in [6, 6.07) is 4.05. The second-order valence-electron chi connectivity index (χ2n) is 7.86. The minimum absolute atomic E-state index is 0.0520. The summed E-state index contributed by atoms with van der Waals surface area (Å²) in [5, 5.41) is 4.12. The topological polar surface area (TPSA) is 79.8 Å². The predicted octanol–water partition coefficient (Wildman–Crippen LogP) is 2.98. The normalized spacial score (nSPS) is 19.8. The lowest BCUT2D eigenvalue weighted by Crippen LogP contribution is -2.43. The quantitative estimate of drug-likeness (QED) is 0.659. The van der Waals surface area contributed by atoms with Crippen LogP contribution in [0.3, 0.4) is 0 Å². The number of amides is 1. The van der Waals surface area contributed by atoms with Crippen LogP contribution in [0, 0.1) is 6.92 Å². The van der Waals surface area contributed by atoms with Gasteiger partial charge in [-0.3, -0.25) is 9.69 Å². The van der Waals surface area contributed by atoms with Gasteiger partial charge in [0, 0.05) is 43.3 Å². The van der Waals surface area contributed by atoms with Gasteiger partial charge in [-0.05, 0) is 37.5 Å². The Morgan fingerprint density at radius 2 is 2.23 bits per heavy atom. The fourth-order valence-corrected chi connectivity index (χ4v) is 4.52. The highest BCUT2D eigenvalue weighted by molar-refractivity contribution is 7.15. The number of carbonyl (C=O) groups is 1. The van der Waals surface area contributed by atoms with Crippen molar-refractivity contribution >= 4 is 28.2 Å². The number of carbonyl (C=O) groups excluding carboxylic acids is 1. The lowest BCUT2D eigenvalue weighted by molar-refractivity contribution is -0.128. The SMILES string of the molecule is C=CC(=O)N1CCC[C@@H](Oc2cc(CN3CCOCC3)cc(Nc3ncc(C)s3)n2)C1. The van der Waals surface area contributed by atoms with Gasteiger partial charge in [-0.2, -0.15) is 4.98 Å². The third-order valence-corrected chi connectivity index (χ3v) is 6.21. The summed E-state index contributed by atoms with van der Waals surface area (Å²) in [6.07, 6.45) is 4.92. The molecule has 8 nitrogen and oxygen atoms in total. The molecule has 0 saturated carbocycles.